The lowest BCUT2D eigenvalue weighted by Crippen LogP contribution is -1.95. The molecule has 0 heterocycles. The van der Waals surface area contributed by atoms with Crippen molar-refractivity contribution in [1.29, 1.82) is 0 Å². The van der Waals surface area contributed by atoms with E-state index in [4.69, 9.17) is 10.4 Å². The van der Waals surface area contributed by atoms with E-state index in [0.717, 1.165) is 32.1 Å². The van der Waals surface area contributed by atoms with Crippen LogP contribution < -0.4 is 0 Å². The van der Waals surface area contributed by atoms with Gasteiger partial charge in [-0.1, -0.05) is 32.1 Å². The van der Waals surface area contributed by atoms with Gasteiger partial charge in [-0.05, 0) is 22.9 Å². The zero-order valence-corrected chi connectivity index (χ0v) is 8.48. The Labute approximate surface area is 84.4 Å². The summed E-state index contributed by atoms with van der Waals surface area (Å²) in [5.74, 6) is 0. The van der Waals surface area contributed by atoms with Crippen molar-refractivity contribution >= 4 is 0 Å². The van der Waals surface area contributed by atoms with E-state index in [0.29, 0.717) is 13.2 Å². The second kappa shape index (κ2) is 12.8. The largest absolute Gasteiger partial charge is 0.396 e. The molecule has 2 N–H and O–H groups in total. The van der Waals surface area contributed by atoms with Crippen LogP contribution in [0, 0.1) is 0 Å². The summed E-state index contributed by atoms with van der Waals surface area (Å²) in [7, 11) is 0. The van der Waals surface area contributed by atoms with Gasteiger partial charge >= 0.3 is 0 Å². The fourth-order valence-electron chi connectivity index (χ4n) is 1.21. The molecule has 0 aliphatic carbocycles. The third-order valence-electron chi connectivity index (χ3n) is 1.96. The molecule has 0 saturated heterocycles. The van der Waals surface area contributed by atoms with Crippen LogP contribution in [0.5, 0.6) is 0 Å². The molecule has 0 atom stereocenters. The fourth-order valence-corrected chi connectivity index (χ4v) is 1.21. The first-order valence-corrected chi connectivity index (χ1v) is 5.12. The summed E-state index contributed by atoms with van der Waals surface area (Å²) in [6, 6.07) is 0. The second-order valence-corrected chi connectivity index (χ2v) is 3.16. The van der Waals surface area contributed by atoms with E-state index in [1.54, 1.807) is 0 Å². The molecule has 5 heteroatoms. The van der Waals surface area contributed by atoms with E-state index in [9.17, 15) is 0 Å². The zero-order chi connectivity index (χ0) is 10.5. The van der Waals surface area contributed by atoms with Gasteiger partial charge < -0.3 is 5.11 Å². The minimum Gasteiger partial charge on any atom is -0.396 e. The van der Waals surface area contributed by atoms with Crippen LogP contribution in [-0.2, 0) is 15.0 Å². The van der Waals surface area contributed by atoms with Gasteiger partial charge in [0, 0.05) is 6.61 Å². The summed E-state index contributed by atoms with van der Waals surface area (Å²) in [4.78, 5) is 4.42. The Balaban J connectivity index is 2.78. The van der Waals surface area contributed by atoms with Gasteiger partial charge in [0.25, 0.3) is 0 Å². The molecule has 0 aromatic carbocycles. The third-order valence-corrected chi connectivity index (χ3v) is 1.96. The number of aliphatic hydroxyl groups excluding tert-OH is 1. The monoisotopic (exact) mass is 208 g/mol. The molecule has 0 amide bonds. The van der Waals surface area contributed by atoms with Gasteiger partial charge in [0.15, 0.2) is 0 Å². The predicted molar refractivity (Wildman–Crippen MR) is 50.2 cm³/mol. The van der Waals surface area contributed by atoms with Gasteiger partial charge in [-0.2, -0.15) is 0 Å². The number of aliphatic hydroxyl groups is 1. The SMILES string of the molecule is OCCCCCCCCCOOOO. The zero-order valence-electron chi connectivity index (χ0n) is 8.48. The summed E-state index contributed by atoms with van der Waals surface area (Å²) in [6.45, 7) is 0.726. The second-order valence-electron chi connectivity index (χ2n) is 3.16. The first-order chi connectivity index (χ1) is 6.91. The first-order valence-electron chi connectivity index (χ1n) is 5.12. The molecule has 14 heavy (non-hydrogen) atoms. The highest BCUT2D eigenvalue weighted by atomic mass is 17.6. The summed E-state index contributed by atoms with van der Waals surface area (Å²) in [5.41, 5.74) is 0. The molecule has 0 unspecified atom stereocenters. The normalized spacial score (nSPS) is 10.7. The standard InChI is InChI=1S/C9H20O5/c10-8-6-4-2-1-3-5-7-9-12-14-13-11/h10-11H,1-9H2. The number of hydrogen-bond donors (Lipinski definition) is 2. The van der Waals surface area contributed by atoms with Gasteiger partial charge in [-0.15, -0.1) is 0 Å². The molecule has 0 radical (unpaired) electrons. The summed E-state index contributed by atoms with van der Waals surface area (Å²) in [5, 5.41) is 23.3. The van der Waals surface area contributed by atoms with Gasteiger partial charge in [-0.25, -0.2) is 10.1 Å². The lowest BCUT2D eigenvalue weighted by Gasteiger charge is -2.00. The van der Waals surface area contributed by atoms with Crippen molar-refractivity contribution < 1.29 is 25.3 Å². The maximum Gasteiger partial charge on any atom is 0.0854 e. The minimum absolute atomic E-state index is 0.298. The van der Waals surface area contributed by atoms with Crippen LogP contribution in [0.25, 0.3) is 0 Å². The lowest BCUT2D eigenvalue weighted by atomic mass is 10.1. The van der Waals surface area contributed by atoms with E-state index in [2.05, 4.69) is 15.0 Å². The Morgan fingerprint density at radius 3 is 1.93 bits per heavy atom. The van der Waals surface area contributed by atoms with Gasteiger partial charge in [-0.3, -0.25) is 0 Å². The van der Waals surface area contributed by atoms with Crippen LogP contribution in [0.1, 0.15) is 44.9 Å². The van der Waals surface area contributed by atoms with Crippen LogP contribution in [0.2, 0.25) is 0 Å². The smallest absolute Gasteiger partial charge is 0.0854 e. The summed E-state index contributed by atoms with van der Waals surface area (Å²) < 4.78 is 0. The van der Waals surface area contributed by atoms with Gasteiger partial charge in [0.05, 0.1) is 6.61 Å². The predicted octanol–water partition coefficient (Wildman–Crippen LogP) is 2.06. The molecule has 0 fully saturated rings. The summed E-state index contributed by atoms with van der Waals surface area (Å²) >= 11 is 0. The van der Waals surface area contributed by atoms with E-state index in [-0.39, 0.29) is 0 Å². The molecule has 86 valence electrons. The Kier molecular flexibility index (Phi) is 12.6. The Bertz CT molecular complexity index is 87.2. The van der Waals surface area contributed by atoms with E-state index >= 15 is 0 Å². The van der Waals surface area contributed by atoms with Crippen molar-refractivity contribution in [1.82, 2.24) is 0 Å². The van der Waals surface area contributed by atoms with Crippen LogP contribution in [0.4, 0.5) is 0 Å². The molecule has 5 nitrogen and oxygen atoms in total. The molecule has 0 aliphatic rings. The van der Waals surface area contributed by atoms with Crippen LogP contribution in [0.15, 0.2) is 0 Å². The van der Waals surface area contributed by atoms with Gasteiger partial charge in [0.1, 0.15) is 0 Å². The molecular weight excluding hydrogens is 188 g/mol. The summed E-state index contributed by atoms with van der Waals surface area (Å²) in [6.07, 6.45) is 7.51. The van der Waals surface area contributed by atoms with Gasteiger partial charge in [0.2, 0.25) is 0 Å². The highest BCUT2D eigenvalue weighted by molar-refractivity contribution is 4.44. The van der Waals surface area contributed by atoms with Crippen molar-refractivity contribution in [2.45, 2.75) is 44.9 Å². The van der Waals surface area contributed by atoms with Crippen molar-refractivity contribution in [2.75, 3.05) is 13.2 Å². The molecule has 0 aromatic rings. The maximum atomic E-state index is 8.53. The Morgan fingerprint density at radius 2 is 1.36 bits per heavy atom. The molecule has 0 saturated carbocycles. The quantitative estimate of drug-likeness (QED) is 0.309. The molecule has 0 bridgehead atoms. The van der Waals surface area contributed by atoms with E-state index in [1.165, 1.54) is 12.8 Å². The van der Waals surface area contributed by atoms with Crippen LogP contribution >= 0.6 is 0 Å². The fraction of sp³-hybridized carbons (Fsp3) is 1.00. The highest BCUT2D eigenvalue weighted by Gasteiger charge is 1.92. The Morgan fingerprint density at radius 1 is 0.786 bits per heavy atom. The number of rotatable bonds is 11. The average Bonchev–Trinajstić information content (AvgIpc) is 2.21. The number of hydrogen-bond acceptors (Lipinski definition) is 5. The van der Waals surface area contributed by atoms with Crippen molar-refractivity contribution in [2.24, 2.45) is 0 Å². The van der Waals surface area contributed by atoms with E-state index in [1.807, 2.05) is 0 Å². The number of unbranched alkanes of at least 4 members (excludes halogenated alkanes) is 6. The average molecular weight is 208 g/mol. The minimum atomic E-state index is 0.298. The van der Waals surface area contributed by atoms with Crippen LogP contribution in [-0.4, -0.2) is 23.6 Å². The molecule has 0 aliphatic heterocycles. The lowest BCUT2D eigenvalue weighted by molar-refractivity contribution is -0.623. The van der Waals surface area contributed by atoms with Crippen molar-refractivity contribution in [3.8, 4) is 0 Å². The van der Waals surface area contributed by atoms with E-state index < -0.39 is 0 Å². The molecule has 0 rings (SSSR count). The third kappa shape index (κ3) is 11.8. The molecular formula is C9H20O5. The first kappa shape index (κ1) is 13.8. The van der Waals surface area contributed by atoms with Crippen molar-refractivity contribution in [3.05, 3.63) is 0 Å². The Hall–Kier alpha value is -0.200. The molecule has 0 aromatic heterocycles. The molecule has 0 spiro atoms. The highest BCUT2D eigenvalue weighted by Crippen LogP contribution is 2.06. The maximum absolute atomic E-state index is 8.53. The van der Waals surface area contributed by atoms with Crippen LogP contribution in [0.3, 0.4) is 0 Å². The topological polar surface area (TPSA) is 68.2 Å². The van der Waals surface area contributed by atoms with Crippen molar-refractivity contribution in [3.63, 3.8) is 0 Å².